The van der Waals surface area contributed by atoms with E-state index in [1.807, 2.05) is 65.5 Å². The third-order valence-corrected chi connectivity index (χ3v) is 7.40. The number of thiophene rings is 1. The van der Waals surface area contributed by atoms with E-state index in [-0.39, 0.29) is 5.91 Å². The summed E-state index contributed by atoms with van der Waals surface area (Å²) < 4.78 is 13.2. The smallest absolute Gasteiger partial charge is 0.281 e. The van der Waals surface area contributed by atoms with Crippen LogP contribution in [0.2, 0.25) is 0 Å². The molecule has 1 N–H and O–H groups in total. The number of rotatable bonds is 5. The number of hydrogen-bond donors (Lipinski definition) is 1. The standard InChI is InChI=1S/C27H24N4O3S/c32-27(25-15-18-6-4-5-9-24(18)35-25)29-28-16-20-17-31(21-7-2-1-3-8-21)30-26(20)19-10-11-22-23(14-19)34-13-12-33-22/h1-3,7-8,10-11,14-17H,4-6,9,12-13H2,(H,29,32). The summed E-state index contributed by atoms with van der Waals surface area (Å²) >= 11 is 1.58. The maximum absolute atomic E-state index is 12.7. The van der Waals surface area contributed by atoms with Gasteiger partial charge in [0.15, 0.2) is 11.5 Å². The van der Waals surface area contributed by atoms with Crippen LogP contribution in [0.1, 0.15) is 38.5 Å². The Morgan fingerprint density at radius 2 is 1.86 bits per heavy atom. The fourth-order valence-electron chi connectivity index (χ4n) is 4.43. The SMILES string of the molecule is O=C(NN=Cc1cn(-c2ccccc2)nc1-c1ccc2c(c1)OCCO2)c1cc2c(s1)CCCC2. The van der Waals surface area contributed by atoms with Gasteiger partial charge in [-0.1, -0.05) is 18.2 Å². The van der Waals surface area contributed by atoms with Gasteiger partial charge in [-0.05, 0) is 67.6 Å². The fraction of sp³-hybridized carbons (Fsp3) is 0.222. The Bertz CT molecular complexity index is 1380. The molecule has 0 atom stereocenters. The molecule has 0 unspecified atom stereocenters. The molecule has 0 bridgehead atoms. The Balaban J connectivity index is 1.29. The second-order valence-corrected chi connectivity index (χ2v) is 9.67. The number of aromatic nitrogens is 2. The Kier molecular flexibility index (Phi) is 5.79. The molecule has 2 aromatic heterocycles. The van der Waals surface area contributed by atoms with E-state index in [1.54, 1.807) is 17.6 Å². The normalized spacial score (nSPS) is 14.6. The van der Waals surface area contributed by atoms with E-state index < -0.39 is 0 Å². The highest BCUT2D eigenvalue weighted by molar-refractivity contribution is 7.14. The number of aryl methyl sites for hydroxylation is 2. The summed E-state index contributed by atoms with van der Waals surface area (Å²) in [6.07, 6.45) is 8.05. The lowest BCUT2D eigenvalue weighted by Crippen LogP contribution is -2.16. The quantitative estimate of drug-likeness (QED) is 0.319. The van der Waals surface area contributed by atoms with Crippen molar-refractivity contribution in [1.29, 1.82) is 0 Å². The zero-order chi connectivity index (χ0) is 23.6. The van der Waals surface area contributed by atoms with Crippen LogP contribution in [0.3, 0.4) is 0 Å². The summed E-state index contributed by atoms with van der Waals surface area (Å²) in [4.78, 5) is 14.8. The number of ether oxygens (including phenoxy) is 2. The number of para-hydroxylation sites is 1. The molecule has 4 aromatic rings. The molecule has 0 spiro atoms. The van der Waals surface area contributed by atoms with Crippen LogP contribution < -0.4 is 14.9 Å². The molecule has 2 aliphatic rings. The summed E-state index contributed by atoms with van der Waals surface area (Å²) in [5.41, 5.74) is 7.31. The maximum atomic E-state index is 12.7. The minimum Gasteiger partial charge on any atom is -0.486 e. The second-order valence-electron chi connectivity index (χ2n) is 8.54. The predicted octanol–water partition coefficient (Wildman–Crippen LogP) is 5.01. The van der Waals surface area contributed by atoms with Crippen molar-refractivity contribution in [3.63, 3.8) is 0 Å². The van der Waals surface area contributed by atoms with Gasteiger partial charge in [-0.2, -0.15) is 10.2 Å². The minimum absolute atomic E-state index is 0.183. The first kappa shape index (κ1) is 21.6. The molecule has 2 aromatic carbocycles. The van der Waals surface area contributed by atoms with E-state index >= 15 is 0 Å². The molecule has 1 aliphatic heterocycles. The minimum atomic E-state index is -0.183. The van der Waals surface area contributed by atoms with Crippen LogP contribution in [0, 0.1) is 0 Å². The highest BCUT2D eigenvalue weighted by Crippen LogP contribution is 2.35. The van der Waals surface area contributed by atoms with Gasteiger partial charge in [0.2, 0.25) is 0 Å². The van der Waals surface area contributed by atoms with Crippen LogP contribution >= 0.6 is 11.3 Å². The summed E-state index contributed by atoms with van der Waals surface area (Å²) in [6, 6.07) is 17.7. The molecule has 1 aliphatic carbocycles. The molecule has 0 saturated heterocycles. The second kappa shape index (κ2) is 9.38. The number of nitrogens with zero attached hydrogens (tertiary/aromatic N) is 3. The third-order valence-electron chi connectivity index (χ3n) is 6.17. The van der Waals surface area contributed by atoms with Gasteiger partial charge >= 0.3 is 0 Å². The number of hydrogen-bond acceptors (Lipinski definition) is 6. The summed E-state index contributed by atoms with van der Waals surface area (Å²) in [6.45, 7) is 1.06. The lowest BCUT2D eigenvalue weighted by molar-refractivity contribution is 0.0959. The molecule has 3 heterocycles. The van der Waals surface area contributed by atoms with Crippen molar-refractivity contribution in [2.24, 2.45) is 5.10 Å². The number of hydrazone groups is 1. The Morgan fingerprint density at radius 3 is 2.71 bits per heavy atom. The van der Waals surface area contributed by atoms with E-state index in [4.69, 9.17) is 14.6 Å². The van der Waals surface area contributed by atoms with Gasteiger partial charge < -0.3 is 9.47 Å². The molecule has 8 heteroatoms. The van der Waals surface area contributed by atoms with Crippen LogP contribution in [0.25, 0.3) is 16.9 Å². The van der Waals surface area contributed by atoms with Gasteiger partial charge in [0, 0.05) is 22.2 Å². The first-order chi connectivity index (χ1) is 17.2. The molecule has 6 rings (SSSR count). The highest BCUT2D eigenvalue weighted by Gasteiger charge is 2.18. The first-order valence-electron chi connectivity index (χ1n) is 11.7. The predicted molar refractivity (Wildman–Crippen MR) is 136 cm³/mol. The largest absolute Gasteiger partial charge is 0.486 e. The molecule has 35 heavy (non-hydrogen) atoms. The van der Waals surface area contributed by atoms with Crippen molar-refractivity contribution < 1.29 is 14.3 Å². The molecular weight excluding hydrogens is 460 g/mol. The van der Waals surface area contributed by atoms with Gasteiger partial charge in [-0.15, -0.1) is 11.3 Å². The fourth-order valence-corrected chi connectivity index (χ4v) is 5.57. The number of carbonyl (C=O) groups is 1. The van der Waals surface area contributed by atoms with Crippen LogP contribution in [0.5, 0.6) is 11.5 Å². The number of nitrogens with one attached hydrogen (secondary N) is 1. The van der Waals surface area contributed by atoms with Crippen molar-refractivity contribution in [1.82, 2.24) is 15.2 Å². The van der Waals surface area contributed by atoms with E-state index in [2.05, 4.69) is 10.5 Å². The monoisotopic (exact) mass is 484 g/mol. The van der Waals surface area contributed by atoms with Crippen LogP contribution in [-0.2, 0) is 12.8 Å². The van der Waals surface area contributed by atoms with Crippen molar-refractivity contribution >= 4 is 23.5 Å². The highest BCUT2D eigenvalue weighted by atomic mass is 32.1. The lowest BCUT2D eigenvalue weighted by Gasteiger charge is -2.18. The number of fused-ring (bicyclic) bond motifs is 2. The molecule has 176 valence electrons. The van der Waals surface area contributed by atoms with Crippen LogP contribution in [0.15, 0.2) is 65.9 Å². The van der Waals surface area contributed by atoms with E-state index in [0.717, 1.165) is 41.1 Å². The first-order valence-corrected chi connectivity index (χ1v) is 12.6. The maximum Gasteiger partial charge on any atom is 0.281 e. The lowest BCUT2D eigenvalue weighted by atomic mass is 9.99. The molecule has 0 saturated carbocycles. The number of amides is 1. The molecule has 0 radical (unpaired) electrons. The Hall–Kier alpha value is -3.91. The summed E-state index contributed by atoms with van der Waals surface area (Å²) in [7, 11) is 0. The van der Waals surface area contributed by atoms with Gasteiger partial charge in [0.05, 0.1) is 16.8 Å². The number of benzene rings is 2. The van der Waals surface area contributed by atoms with E-state index in [9.17, 15) is 4.79 Å². The molecular formula is C27H24N4O3S. The van der Waals surface area contributed by atoms with Crippen LogP contribution in [0.4, 0.5) is 0 Å². The van der Waals surface area contributed by atoms with Crippen LogP contribution in [-0.4, -0.2) is 35.1 Å². The molecule has 7 nitrogen and oxygen atoms in total. The summed E-state index contributed by atoms with van der Waals surface area (Å²) in [5.74, 6) is 1.24. The van der Waals surface area contributed by atoms with Crippen molar-refractivity contribution in [2.45, 2.75) is 25.7 Å². The summed E-state index contributed by atoms with van der Waals surface area (Å²) in [5, 5.41) is 9.10. The Labute approximate surface area is 207 Å². The zero-order valence-corrected chi connectivity index (χ0v) is 19.9. The topological polar surface area (TPSA) is 77.7 Å². The average Bonchev–Trinajstić information content (AvgIpc) is 3.54. The average molecular weight is 485 g/mol. The van der Waals surface area contributed by atoms with E-state index in [0.29, 0.717) is 23.8 Å². The van der Waals surface area contributed by atoms with Gasteiger partial charge in [-0.3, -0.25) is 4.79 Å². The van der Waals surface area contributed by atoms with Gasteiger partial charge in [0.25, 0.3) is 5.91 Å². The molecule has 0 fully saturated rings. The van der Waals surface area contributed by atoms with E-state index in [1.165, 1.54) is 23.3 Å². The van der Waals surface area contributed by atoms with Crippen molar-refractivity contribution in [3.05, 3.63) is 81.7 Å². The number of carbonyl (C=O) groups excluding carboxylic acids is 1. The van der Waals surface area contributed by atoms with Crippen molar-refractivity contribution in [3.8, 4) is 28.4 Å². The van der Waals surface area contributed by atoms with Gasteiger partial charge in [-0.25, -0.2) is 10.1 Å². The Morgan fingerprint density at radius 1 is 1.03 bits per heavy atom. The van der Waals surface area contributed by atoms with Crippen molar-refractivity contribution in [2.75, 3.05) is 13.2 Å². The molecule has 1 amide bonds. The van der Waals surface area contributed by atoms with Gasteiger partial charge in [0.1, 0.15) is 18.9 Å². The zero-order valence-electron chi connectivity index (χ0n) is 19.1. The third kappa shape index (κ3) is 4.44.